The molecule has 0 unspecified atom stereocenters. The number of hydrogen-bond donors (Lipinski definition) is 1. The van der Waals surface area contributed by atoms with Crippen molar-refractivity contribution in [3.63, 3.8) is 0 Å². The van der Waals surface area contributed by atoms with Crippen molar-refractivity contribution in [1.29, 1.82) is 0 Å². The highest BCUT2D eigenvalue weighted by atomic mass is 35.5. The minimum atomic E-state index is -0.925. The van der Waals surface area contributed by atoms with Gasteiger partial charge in [-0.1, -0.05) is 11.6 Å². The first kappa shape index (κ1) is 15.7. The maximum atomic E-state index is 12.2. The summed E-state index contributed by atoms with van der Waals surface area (Å²) in [4.78, 5) is 34.1. The molecule has 2 aliphatic heterocycles. The summed E-state index contributed by atoms with van der Waals surface area (Å²) < 4.78 is 5.29. The molecule has 8 heteroatoms. The first-order valence-corrected chi connectivity index (χ1v) is 7.57. The van der Waals surface area contributed by atoms with Crippen LogP contribution < -0.4 is 5.32 Å². The number of amidine groups is 1. The van der Waals surface area contributed by atoms with Gasteiger partial charge in [-0.2, -0.15) is 0 Å². The van der Waals surface area contributed by atoms with Crippen LogP contribution in [-0.4, -0.2) is 51.9 Å². The maximum Gasteiger partial charge on any atom is 0.410 e. The van der Waals surface area contributed by atoms with Crippen LogP contribution in [0.1, 0.15) is 26.3 Å². The molecule has 2 amide bonds. The van der Waals surface area contributed by atoms with Crippen LogP contribution in [0.3, 0.4) is 0 Å². The van der Waals surface area contributed by atoms with E-state index in [1.165, 1.54) is 4.90 Å². The molecular formula is C15H17ClN4O3. The molecule has 23 heavy (non-hydrogen) atoms. The highest BCUT2D eigenvalue weighted by Crippen LogP contribution is 2.31. The van der Waals surface area contributed by atoms with Crippen molar-refractivity contribution in [2.75, 3.05) is 13.1 Å². The van der Waals surface area contributed by atoms with Crippen LogP contribution in [0.5, 0.6) is 0 Å². The van der Waals surface area contributed by atoms with E-state index in [-0.39, 0.29) is 19.0 Å². The van der Waals surface area contributed by atoms with Gasteiger partial charge in [0.1, 0.15) is 16.6 Å². The van der Waals surface area contributed by atoms with Gasteiger partial charge in [-0.15, -0.1) is 0 Å². The molecule has 0 saturated carbocycles. The molecule has 0 bridgehead atoms. The van der Waals surface area contributed by atoms with Crippen molar-refractivity contribution in [1.82, 2.24) is 15.2 Å². The van der Waals surface area contributed by atoms with Gasteiger partial charge in [0.25, 0.3) is 5.91 Å². The van der Waals surface area contributed by atoms with E-state index in [0.29, 0.717) is 16.6 Å². The topological polar surface area (TPSA) is 83.9 Å². The lowest BCUT2D eigenvalue weighted by Gasteiger charge is -2.43. The zero-order chi connectivity index (χ0) is 16.8. The molecule has 1 aromatic heterocycles. The van der Waals surface area contributed by atoms with Gasteiger partial charge in [-0.3, -0.25) is 4.79 Å². The number of carbonyl (C=O) groups excluding carboxylic acids is 2. The predicted octanol–water partition coefficient (Wildman–Crippen LogP) is 1.60. The van der Waals surface area contributed by atoms with Crippen molar-refractivity contribution in [3.8, 4) is 0 Å². The third-order valence-electron chi connectivity index (χ3n) is 3.54. The van der Waals surface area contributed by atoms with Gasteiger partial charge in [0, 0.05) is 11.8 Å². The molecule has 3 rings (SSSR count). The van der Waals surface area contributed by atoms with E-state index in [4.69, 9.17) is 16.3 Å². The van der Waals surface area contributed by atoms with Crippen molar-refractivity contribution in [3.05, 3.63) is 29.0 Å². The standard InChI is InChI=1S/C15H17ClN4O3/c1-14(2,3)23-13(22)20-7-15(8-20)12(21)18-11(19-15)9-4-5-10(16)17-6-9/h4-6H,7-8H2,1-3H3,(H,18,19,21). The predicted molar refractivity (Wildman–Crippen MR) is 84.5 cm³/mol. The van der Waals surface area contributed by atoms with E-state index < -0.39 is 17.2 Å². The van der Waals surface area contributed by atoms with Gasteiger partial charge in [-0.05, 0) is 32.9 Å². The van der Waals surface area contributed by atoms with Crippen LogP contribution >= 0.6 is 11.6 Å². The first-order chi connectivity index (χ1) is 10.7. The number of amides is 2. The Labute approximate surface area is 138 Å². The second kappa shape index (κ2) is 5.19. The highest BCUT2D eigenvalue weighted by molar-refractivity contribution is 6.29. The molecule has 0 aromatic carbocycles. The van der Waals surface area contributed by atoms with E-state index in [2.05, 4.69) is 15.3 Å². The van der Waals surface area contributed by atoms with Gasteiger partial charge < -0.3 is 15.0 Å². The Bertz CT molecular complexity index is 688. The van der Waals surface area contributed by atoms with Gasteiger partial charge in [-0.25, -0.2) is 14.8 Å². The number of nitrogens with one attached hydrogen (secondary N) is 1. The number of aromatic nitrogens is 1. The molecule has 1 fully saturated rings. The lowest BCUT2D eigenvalue weighted by molar-refractivity contribution is -0.128. The largest absolute Gasteiger partial charge is 0.444 e. The molecule has 3 heterocycles. The molecule has 2 aliphatic rings. The maximum absolute atomic E-state index is 12.2. The van der Waals surface area contributed by atoms with Gasteiger partial charge in [0.15, 0.2) is 5.54 Å². The van der Waals surface area contributed by atoms with Crippen LogP contribution in [-0.2, 0) is 9.53 Å². The molecule has 122 valence electrons. The van der Waals surface area contributed by atoms with E-state index >= 15 is 0 Å². The Morgan fingerprint density at radius 3 is 2.65 bits per heavy atom. The zero-order valence-electron chi connectivity index (χ0n) is 13.1. The Kier molecular flexibility index (Phi) is 3.55. The normalized spacial score (nSPS) is 19.2. The lowest BCUT2D eigenvalue weighted by Crippen LogP contribution is -2.66. The van der Waals surface area contributed by atoms with Crippen LogP contribution in [0.2, 0.25) is 5.15 Å². The van der Waals surface area contributed by atoms with Crippen LogP contribution in [0, 0.1) is 0 Å². The summed E-state index contributed by atoms with van der Waals surface area (Å²) in [6.45, 7) is 5.81. The van der Waals surface area contributed by atoms with Crippen molar-refractivity contribution >= 4 is 29.4 Å². The average molecular weight is 337 g/mol. The van der Waals surface area contributed by atoms with Crippen molar-refractivity contribution in [2.45, 2.75) is 31.9 Å². The molecule has 0 aliphatic carbocycles. The summed E-state index contributed by atoms with van der Waals surface area (Å²) in [5, 5.41) is 3.11. The molecule has 1 N–H and O–H groups in total. The number of pyridine rings is 1. The van der Waals surface area contributed by atoms with E-state index in [1.54, 1.807) is 39.1 Å². The van der Waals surface area contributed by atoms with Crippen LogP contribution in [0.15, 0.2) is 23.3 Å². The Morgan fingerprint density at radius 2 is 2.09 bits per heavy atom. The summed E-state index contributed by atoms with van der Waals surface area (Å²) >= 11 is 5.75. The molecule has 0 radical (unpaired) electrons. The summed E-state index contributed by atoms with van der Waals surface area (Å²) in [6.07, 6.45) is 1.11. The number of carbonyl (C=O) groups is 2. The number of halogens is 1. The third-order valence-corrected chi connectivity index (χ3v) is 3.76. The number of likely N-dealkylation sites (tertiary alicyclic amines) is 1. The minimum absolute atomic E-state index is 0.207. The number of aliphatic imine (C=N–C) groups is 1. The quantitative estimate of drug-likeness (QED) is 0.789. The zero-order valence-corrected chi connectivity index (χ0v) is 13.8. The molecule has 1 aromatic rings. The number of hydrogen-bond acceptors (Lipinski definition) is 5. The molecule has 1 spiro atoms. The molecule has 7 nitrogen and oxygen atoms in total. The van der Waals surface area contributed by atoms with Gasteiger partial charge in [0.05, 0.1) is 13.1 Å². The summed E-state index contributed by atoms with van der Waals surface area (Å²) in [6, 6.07) is 3.36. The summed E-state index contributed by atoms with van der Waals surface area (Å²) in [7, 11) is 0. The fourth-order valence-electron chi connectivity index (χ4n) is 2.42. The molecular weight excluding hydrogens is 320 g/mol. The number of rotatable bonds is 1. The number of nitrogens with zero attached hydrogens (tertiary/aromatic N) is 3. The van der Waals surface area contributed by atoms with Crippen LogP contribution in [0.4, 0.5) is 4.79 Å². The van der Waals surface area contributed by atoms with E-state index in [1.807, 2.05) is 0 Å². The SMILES string of the molecule is CC(C)(C)OC(=O)N1CC2(C1)N=C(c1ccc(Cl)nc1)NC2=O. The Morgan fingerprint density at radius 1 is 1.39 bits per heavy atom. The molecule has 1 saturated heterocycles. The van der Waals surface area contributed by atoms with Crippen molar-refractivity contribution in [2.24, 2.45) is 4.99 Å². The fourth-order valence-corrected chi connectivity index (χ4v) is 2.54. The Hall–Kier alpha value is -2.15. The second-order valence-corrected chi connectivity index (χ2v) is 7.04. The average Bonchev–Trinajstić information content (AvgIpc) is 2.73. The smallest absolute Gasteiger partial charge is 0.410 e. The van der Waals surface area contributed by atoms with Crippen LogP contribution in [0.25, 0.3) is 0 Å². The second-order valence-electron chi connectivity index (χ2n) is 6.65. The van der Waals surface area contributed by atoms with E-state index in [0.717, 1.165) is 0 Å². The number of ether oxygens (including phenoxy) is 1. The summed E-state index contributed by atoms with van der Waals surface area (Å²) in [5.41, 5.74) is -0.817. The van der Waals surface area contributed by atoms with Gasteiger partial charge in [0.2, 0.25) is 0 Å². The minimum Gasteiger partial charge on any atom is -0.444 e. The first-order valence-electron chi connectivity index (χ1n) is 7.20. The highest BCUT2D eigenvalue weighted by Gasteiger charge is 2.55. The molecule has 0 atom stereocenters. The Balaban J connectivity index is 1.71. The van der Waals surface area contributed by atoms with Crippen molar-refractivity contribution < 1.29 is 14.3 Å². The fraction of sp³-hybridized carbons (Fsp3) is 0.467. The summed E-state index contributed by atoms with van der Waals surface area (Å²) in [5.74, 6) is 0.227. The third kappa shape index (κ3) is 3.01. The van der Waals surface area contributed by atoms with E-state index in [9.17, 15) is 9.59 Å². The lowest BCUT2D eigenvalue weighted by atomic mass is 9.91. The van der Waals surface area contributed by atoms with Gasteiger partial charge >= 0.3 is 6.09 Å². The monoisotopic (exact) mass is 336 g/mol.